The molecule has 0 saturated carbocycles. The van der Waals surface area contributed by atoms with Gasteiger partial charge in [-0.3, -0.25) is 24.1 Å². The van der Waals surface area contributed by atoms with Crippen molar-refractivity contribution in [3.8, 4) is 0 Å². The number of aryl methyl sites for hydroxylation is 1. The van der Waals surface area contributed by atoms with E-state index in [1.54, 1.807) is 23.1 Å². The highest BCUT2D eigenvalue weighted by molar-refractivity contribution is 6.00. The molecule has 0 atom stereocenters. The van der Waals surface area contributed by atoms with Crippen molar-refractivity contribution >= 4 is 40.7 Å². The predicted octanol–water partition coefficient (Wildman–Crippen LogP) is 2.62. The molecule has 0 unspecified atom stereocenters. The van der Waals surface area contributed by atoms with Gasteiger partial charge in [-0.05, 0) is 49.2 Å². The van der Waals surface area contributed by atoms with E-state index in [1.807, 2.05) is 36.9 Å². The molecule has 4 amide bonds. The maximum atomic E-state index is 13.1. The fourth-order valence-electron chi connectivity index (χ4n) is 3.87. The molecule has 1 aliphatic heterocycles. The van der Waals surface area contributed by atoms with Gasteiger partial charge in [0.15, 0.2) is 0 Å². The minimum atomic E-state index is -0.272. The van der Waals surface area contributed by atoms with Gasteiger partial charge >= 0.3 is 0 Å². The molecule has 1 heterocycles. The van der Waals surface area contributed by atoms with Crippen molar-refractivity contribution in [2.24, 2.45) is 0 Å². The van der Waals surface area contributed by atoms with E-state index in [1.165, 1.54) is 13.8 Å². The molecule has 0 radical (unpaired) electrons. The van der Waals surface area contributed by atoms with Crippen LogP contribution < -0.4 is 16.0 Å². The lowest BCUT2D eigenvalue weighted by Crippen LogP contribution is -2.50. The number of amides is 4. The largest absolute Gasteiger partial charge is 0.336 e. The summed E-state index contributed by atoms with van der Waals surface area (Å²) in [5.74, 6) is -0.827. The molecule has 34 heavy (non-hydrogen) atoms. The molecule has 2 aromatic carbocycles. The summed E-state index contributed by atoms with van der Waals surface area (Å²) in [5.41, 5.74) is 4.22. The summed E-state index contributed by atoms with van der Waals surface area (Å²) >= 11 is 0. The number of benzene rings is 2. The highest BCUT2D eigenvalue weighted by Gasteiger charge is 2.24. The van der Waals surface area contributed by atoms with Gasteiger partial charge in [0.25, 0.3) is 5.91 Å². The lowest BCUT2D eigenvalue weighted by Gasteiger charge is -2.34. The summed E-state index contributed by atoms with van der Waals surface area (Å²) in [6.07, 6.45) is 0. The van der Waals surface area contributed by atoms with Gasteiger partial charge in [-0.1, -0.05) is 12.1 Å². The van der Waals surface area contributed by atoms with Crippen molar-refractivity contribution in [2.75, 3.05) is 48.7 Å². The summed E-state index contributed by atoms with van der Waals surface area (Å²) in [4.78, 5) is 52.3. The Bertz CT molecular complexity index is 1070. The van der Waals surface area contributed by atoms with Crippen molar-refractivity contribution in [1.82, 2.24) is 9.80 Å². The molecular formula is C25H31N5O4. The van der Waals surface area contributed by atoms with E-state index in [9.17, 15) is 19.2 Å². The molecule has 180 valence electrons. The fourth-order valence-corrected chi connectivity index (χ4v) is 3.87. The van der Waals surface area contributed by atoms with Crippen LogP contribution in [0.3, 0.4) is 0 Å². The van der Waals surface area contributed by atoms with Gasteiger partial charge in [0.05, 0.1) is 6.54 Å². The van der Waals surface area contributed by atoms with E-state index >= 15 is 0 Å². The van der Waals surface area contributed by atoms with Crippen molar-refractivity contribution in [3.05, 3.63) is 53.1 Å². The lowest BCUT2D eigenvalue weighted by atomic mass is 10.1. The van der Waals surface area contributed by atoms with E-state index in [0.29, 0.717) is 43.1 Å². The van der Waals surface area contributed by atoms with Crippen LogP contribution in [0.1, 0.15) is 35.3 Å². The Kier molecular flexibility index (Phi) is 8.01. The Balaban J connectivity index is 1.60. The molecule has 3 rings (SSSR count). The second-order valence-corrected chi connectivity index (χ2v) is 8.53. The van der Waals surface area contributed by atoms with Crippen LogP contribution in [-0.2, 0) is 14.4 Å². The number of carbonyl (C=O) groups is 4. The van der Waals surface area contributed by atoms with Crippen LogP contribution in [0, 0.1) is 13.8 Å². The number of hydrogen-bond donors (Lipinski definition) is 3. The number of nitrogens with zero attached hydrogens (tertiary/aromatic N) is 2. The SMILES string of the molecule is CC(=O)Nc1cc(NC(C)=O)cc(C(=O)N2CCN(CC(=O)Nc3cccc(C)c3C)CC2)c1. The van der Waals surface area contributed by atoms with Crippen molar-refractivity contribution < 1.29 is 19.2 Å². The van der Waals surface area contributed by atoms with Gasteiger partial charge in [0, 0.05) is 62.7 Å². The summed E-state index contributed by atoms with van der Waals surface area (Å²) in [6, 6.07) is 10.6. The third kappa shape index (κ3) is 6.64. The van der Waals surface area contributed by atoms with E-state index in [-0.39, 0.29) is 30.2 Å². The highest BCUT2D eigenvalue weighted by atomic mass is 16.2. The molecule has 9 heteroatoms. The molecule has 0 bridgehead atoms. The molecule has 3 N–H and O–H groups in total. The predicted molar refractivity (Wildman–Crippen MR) is 132 cm³/mol. The Morgan fingerprint density at radius 1 is 0.824 bits per heavy atom. The Hall–Kier alpha value is -3.72. The van der Waals surface area contributed by atoms with Crippen LogP contribution in [0.15, 0.2) is 36.4 Å². The number of rotatable bonds is 6. The zero-order valence-corrected chi connectivity index (χ0v) is 20.0. The molecule has 0 aliphatic carbocycles. The van der Waals surface area contributed by atoms with E-state index in [4.69, 9.17) is 0 Å². The van der Waals surface area contributed by atoms with Crippen molar-refractivity contribution in [1.29, 1.82) is 0 Å². The van der Waals surface area contributed by atoms with Gasteiger partial charge in [-0.25, -0.2) is 0 Å². The smallest absolute Gasteiger partial charge is 0.254 e. The van der Waals surface area contributed by atoms with Crippen LogP contribution >= 0.6 is 0 Å². The molecule has 1 fully saturated rings. The van der Waals surface area contributed by atoms with Crippen LogP contribution in [-0.4, -0.2) is 66.2 Å². The minimum absolute atomic E-state index is 0.0866. The highest BCUT2D eigenvalue weighted by Crippen LogP contribution is 2.22. The summed E-state index contributed by atoms with van der Waals surface area (Å²) < 4.78 is 0. The Morgan fingerprint density at radius 3 is 1.97 bits per heavy atom. The average Bonchev–Trinajstić information content (AvgIpc) is 2.76. The van der Waals surface area contributed by atoms with Crippen LogP contribution in [0.5, 0.6) is 0 Å². The lowest BCUT2D eigenvalue weighted by molar-refractivity contribution is -0.117. The summed E-state index contributed by atoms with van der Waals surface area (Å²) in [5, 5.41) is 8.29. The molecular weight excluding hydrogens is 434 g/mol. The monoisotopic (exact) mass is 465 g/mol. The number of hydrogen-bond acceptors (Lipinski definition) is 5. The third-order valence-corrected chi connectivity index (χ3v) is 5.73. The second-order valence-electron chi connectivity index (χ2n) is 8.53. The maximum Gasteiger partial charge on any atom is 0.254 e. The van der Waals surface area contributed by atoms with Crippen molar-refractivity contribution in [2.45, 2.75) is 27.7 Å². The van der Waals surface area contributed by atoms with Crippen LogP contribution in [0.4, 0.5) is 17.1 Å². The number of anilines is 3. The summed E-state index contributed by atoms with van der Waals surface area (Å²) in [6.45, 7) is 9.06. The first-order chi connectivity index (χ1) is 16.1. The first-order valence-electron chi connectivity index (χ1n) is 11.2. The third-order valence-electron chi connectivity index (χ3n) is 5.73. The first kappa shape index (κ1) is 24.9. The minimum Gasteiger partial charge on any atom is -0.336 e. The standard InChI is InChI=1S/C25H31N5O4/c1-16-6-5-7-23(17(16)2)28-24(33)15-29-8-10-30(11-9-29)25(34)20-12-21(26-18(3)31)14-22(13-20)27-19(4)32/h5-7,12-14H,8-11,15H2,1-4H3,(H,26,31)(H,27,32)(H,28,33). The first-order valence-corrected chi connectivity index (χ1v) is 11.2. The zero-order chi connectivity index (χ0) is 24.8. The van der Waals surface area contributed by atoms with E-state index in [2.05, 4.69) is 16.0 Å². The van der Waals surface area contributed by atoms with Gasteiger partial charge in [-0.15, -0.1) is 0 Å². The van der Waals surface area contributed by atoms with E-state index in [0.717, 1.165) is 16.8 Å². The zero-order valence-electron chi connectivity index (χ0n) is 20.0. The topological polar surface area (TPSA) is 111 Å². The molecule has 0 aromatic heterocycles. The van der Waals surface area contributed by atoms with Crippen molar-refractivity contribution in [3.63, 3.8) is 0 Å². The van der Waals surface area contributed by atoms with Crippen LogP contribution in [0.2, 0.25) is 0 Å². The Morgan fingerprint density at radius 2 is 1.41 bits per heavy atom. The van der Waals surface area contributed by atoms with Crippen LogP contribution in [0.25, 0.3) is 0 Å². The average molecular weight is 466 g/mol. The van der Waals surface area contributed by atoms with Gasteiger partial charge in [0.2, 0.25) is 17.7 Å². The molecule has 1 saturated heterocycles. The Labute approximate surface area is 199 Å². The summed E-state index contributed by atoms with van der Waals surface area (Å²) in [7, 11) is 0. The molecule has 0 spiro atoms. The number of piperazine rings is 1. The molecule has 1 aliphatic rings. The molecule has 2 aromatic rings. The normalized spacial score (nSPS) is 13.8. The van der Waals surface area contributed by atoms with E-state index < -0.39 is 0 Å². The molecule has 9 nitrogen and oxygen atoms in total. The quantitative estimate of drug-likeness (QED) is 0.607. The fraction of sp³-hybridized carbons (Fsp3) is 0.360. The number of carbonyl (C=O) groups excluding carboxylic acids is 4. The maximum absolute atomic E-state index is 13.1. The van der Waals surface area contributed by atoms with Gasteiger partial charge in [0.1, 0.15) is 0 Å². The van der Waals surface area contributed by atoms with Gasteiger partial charge in [-0.2, -0.15) is 0 Å². The number of nitrogens with one attached hydrogen (secondary N) is 3. The second kappa shape index (κ2) is 10.9. The van der Waals surface area contributed by atoms with Gasteiger partial charge < -0.3 is 20.9 Å².